The predicted octanol–water partition coefficient (Wildman–Crippen LogP) is -6.80. The van der Waals surface area contributed by atoms with E-state index in [2.05, 4.69) is 0 Å². The van der Waals surface area contributed by atoms with Gasteiger partial charge < -0.3 is 45.2 Å². The minimum atomic E-state index is -2.17. The summed E-state index contributed by atoms with van der Waals surface area (Å²) in [7, 11) is -6.50. The second-order valence-electron chi connectivity index (χ2n) is 1.04. The maximum absolute atomic E-state index is 7.17. The molecule has 0 bridgehead atoms. The third-order valence-corrected chi connectivity index (χ3v) is 0. The van der Waals surface area contributed by atoms with Crippen LogP contribution in [0.3, 0.4) is 0 Å². The van der Waals surface area contributed by atoms with E-state index in [9.17, 15) is 0 Å². The quantitative estimate of drug-likeness (QED) is 0.175. The van der Waals surface area contributed by atoms with Crippen LogP contribution >= 0.6 is 0 Å². The van der Waals surface area contributed by atoms with Gasteiger partial charge in [0.2, 0.25) is 0 Å². The van der Waals surface area contributed by atoms with Gasteiger partial charge in [-0.1, -0.05) is 0 Å². The van der Waals surface area contributed by atoms with Crippen LogP contribution in [0.15, 0.2) is 0 Å². The molecule has 13 heavy (non-hydrogen) atoms. The van der Waals surface area contributed by atoms with Crippen LogP contribution in [0.2, 0.25) is 0 Å². The van der Waals surface area contributed by atoms with Gasteiger partial charge in [-0.3, -0.25) is 0 Å². The van der Waals surface area contributed by atoms with E-state index >= 15 is 0 Å². The van der Waals surface area contributed by atoms with Crippen LogP contribution in [0.5, 0.6) is 0 Å². The molecule has 0 rings (SSSR count). The van der Waals surface area contributed by atoms with E-state index in [0.29, 0.717) is 0 Å². The van der Waals surface area contributed by atoms with Crippen LogP contribution in [-0.4, -0.2) is 96.7 Å². The molecule has 0 radical (unpaired) electrons. The fourth-order valence-electron chi connectivity index (χ4n) is 0. The summed E-state index contributed by atoms with van der Waals surface area (Å²) in [6, 6.07) is 0. The van der Waals surface area contributed by atoms with E-state index in [1.165, 1.54) is 0 Å². The van der Waals surface area contributed by atoms with Crippen LogP contribution in [0.4, 0.5) is 0 Å². The summed E-state index contributed by atoms with van der Waals surface area (Å²) in [5, 5.41) is 64.5. The molecular formula is H10B3NaO9. The van der Waals surface area contributed by atoms with Crippen molar-refractivity contribution in [3.05, 3.63) is 0 Å². The monoisotopic (exact) mass is 210 g/mol. The molecule has 74 valence electrons. The average molecular weight is 209 g/mol. The standard InChI is InChI=1S/3BH3O3.Na.H/c3*2-1(3)4;;/h3*2-4H;;. The van der Waals surface area contributed by atoms with Gasteiger partial charge in [0, 0.05) is 0 Å². The van der Waals surface area contributed by atoms with E-state index in [1.54, 1.807) is 0 Å². The Balaban J connectivity index is -0.0000000450. The first-order valence-corrected chi connectivity index (χ1v) is 2.32. The molecule has 0 atom stereocenters. The Labute approximate surface area is 96.7 Å². The van der Waals surface area contributed by atoms with Crippen molar-refractivity contribution in [3.63, 3.8) is 0 Å². The summed E-state index contributed by atoms with van der Waals surface area (Å²) >= 11 is 0. The SMILES string of the molecule is OB(O)O.OB(O)O.OB(O)O.[NaH]. The summed E-state index contributed by atoms with van der Waals surface area (Å²) in [5.41, 5.74) is 0. The Morgan fingerprint density at radius 2 is 0.385 bits per heavy atom. The van der Waals surface area contributed by atoms with Crippen LogP contribution in [0.1, 0.15) is 0 Å². The van der Waals surface area contributed by atoms with E-state index in [-0.39, 0.29) is 29.6 Å². The van der Waals surface area contributed by atoms with Crippen molar-refractivity contribution in [1.82, 2.24) is 0 Å². The predicted molar refractivity (Wildman–Crippen MR) is 44.4 cm³/mol. The van der Waals surface area contributed by atoms with E-state index in [0.717, 1.165) is 0 Å². The van der Waals surface area contributed by atoms with Gasteiger partial charge in [-0.05, 0) is 0 Å². The molecule has 0 aliphatic heterocycles. The molecule has 0 saturated heterocycles. The Bertz CT molecular complexity index is 43.4. The molecule has 0 amide bonds. The fourth-order valence-corrected chi connectivity index (χ4v) is 0. The van der Waals surface area contributed by atoms with E-state index < -0.39 is 22.0 Å². The van der Waals surface area contributed by atoms with Crippen molar-refractivity contribution in [2.45, 2.75) is 0 Å². The van der Waals surface area contributed by atoms with Gasteiger partial charge in [0.15, 0.2) is 0 Å². The van der Waals surface area contributed by atoms with Gasteiger partial charge in [-0.2, -0.15) is 0 Å². The Hall–Kier alpha value is 0.835. The molecular weight excluding hydrogens is 199 g/mol. The Morgan fingerprint density at radius 3 is 0.385 bits per heavy atom. The topological polar surface area (TPSA) is 182 Å². The molecule has 9 nitrogen and oxygen atoms in total. The summed E-state index contributed by atoms with van der Waals surface area (Å²) in [6.45, 7) is 0. The van der Waals surface area contributed by atoms with E-state index in [1.807, 2.05) is 0 Å². The van der Waals surface area contributed by atoms with Gasteiger partial charge in [0.05, 0.1) is 0 Å². The maximum atomic E-state index is 7.17. The molecule has 13 heteroatoms. The van der Waals surface area contributed by atoms with Crippen molar-refractivity contribution >= 4 is 51.5 Å². The molecule has 0 saturated carbocycles. The number of hydrogen-bond acceptors (Lipinski definition) is 9. The summed E-state index contributed by atoms with van der Waals surface area (Å²) in [5.74, 6) is 0. The second kappa shape index (κ2) is 18.6. The summed E-state index contributed by atoms with van der Waals surface area (Å²) < 4.78 is 0. The van der Waals surface area contributed by atoms with Gasteiger partial charge in [0.1, 0.15) is 0 Å². The fraction of sp³-hybridized carbons (Fsp3) is 0. The van der Waals surface area contributed by atoms with Crippen molar-refractivity contribution < 1.29 is 45.2 Å². The van der Waals surface area contributed by atoms with Gasteiger partial charge in [0.25, 0.3) is 0 Å². The minimum absolute atomic E-state index is 0. The van der Waals surface area contributed by atoms with Crippen molar-refractivity contribution in [2.24, 2.45) is 0 Å². The van der Waals surface area contributed by atoms with Gasteiger partial charge in [-0.15, -0.1) is 0 Å². The number of rotatable bonds is 0. The zero-order chi connectivity index (χ0) is 10.7. The normalized spacial score (nSPS) is 6.23. The van der Waals surface area contributed by atoms with Crippen LogP contribution in [0.25, 0.3) is 0 Å². The molecule has 0 aliphatic carbocycles. The van der Waals surface area contributed by atoms with Crippen molar-refractivity contribution in [1.29, 1.82) is 0 Å². The molecule has 0 spiro atoms. The average Bonchev–Trinajstić information content (AvgIpc) is 1.54. The molecule has 0 aromatic rings. The second-order valence-corrected chi connectivity index (χ2v) is 1.04. The molecule has 0 aromatic heterocycles. The van der Waals surface area contributed by atoms with Crippen LogP contribution < -0.4 is 0 Å². The molecule has 0 fully saturated rings. The first-order chi connectivity index (χ1) is 5.20. The zero-order valence-electron chi connectivity index (χ0n) is 5.76. The van der Waals surface area contributed by atoms with Crippen molar-refractivity contribution in [3.8, 4) is 0 Å². The summed E-state index contributed by atoms with van der Waals surface area (Å²) in [6.07, 6.45) is 0. The van der Waals surface area contributed by atoms with E-state index in [4.69, 9.17) is 45.2 Å². The zero-order valence-corrected chi connectivity index (χ0v) is 5.76. The third kappa shape index (κ3) is 2160. The van der Waals surface area contributed by atoms with Gasteiger partial charge >= 0.3 is 51.5 Å². The van der Waals surface area contributed by atoms with Crippen LogP contribution in [-0.2, 0) is 0 Å². The molecule has 0 unspecified atom stereocenters. The molecule has 0 aromatic carbocycles. The number of hydrogen-bond donors (Lipinski definition) is 9. The molecule has 0 heterocycles. The van der Waals surface area contributed by atoms with Crippen LogP contribution in [0, 0.1) is 0 Å². The first kappa shape index (κ1) is 23.6. The van der Waals surface area contributed by atoms with Crippen molar-refractivity contribution in [2.75, 3.05) is 0 Å². The Kier molecular flexibility index (Phi) is 33.7. The molecule has 0 aliphatic rings. The van der Waals surface area contributed by atoms with Gasteiger partial charge in [-0.25, -0.2) is 0 Å². The third-order valence-electron chi connectivity index (χ3n) is 0. The first-order valence-electron chi connectivity index (χ1n) is 2.32. The summed E-state index contributed by atoms with van der Waals surface area (Å²) in [4.78, 5) is 0. The molecule has 9 N–H and O–H groups in total. The Morgan fingerprint density at radius 1 is 0.385 bits per heavy atom.